The molecule has 5 heteroatoms. The van der Waals surface area contributed by atoms with Gasteiger partial charge in [0, 0.05) is 0 Å². The number of allylic oxidation sites excluding steroid dienone is 3. The normalized spacial score (nSPS) is 13.9. The fourth-order valence-corrected chi connectivity index (χ4v) is 6.24. The van der Waals surface area contributed by atoms with Crippen LogP contribution in [0.15, 0.2) is 24.3 Å². The quantitative estimate of drug-likeness (QED) is 0.0393. The first-order valence-corrected chi connectivity index (χ1v) is 20.7. The molecule has 0 saturated heterocycles. The predicted octanol–water partition coefficient (Wildman–Crippen LogP) is 11.4. The summed E-state index contributed by atoms with van der Waals surface area (Å²) in [5.41, 5.74) is 0. The van der Waals surface area contributed by atoms with Gasteiger partial charge in [-0.2, -0.15) is 0 Å². The summed E-state index contributed by atoms with van der Waals surface area (Å²) in [4.78, 5) is 12.4. The SMILES string of the molecule is CCCCCCCC/C=C/CCCCCCCCCCCCC(O)C(=O)NC(CO)C(O)/C=C/CCCCCCCCCCCCC. The number of carbonyl (C=O) groups is 1. The number of hydrogen-bond acceptors (Lipinski definition) is 4. The van der Waals surface area contributed by atoms with Gasteiger partial charge >= 0.3 is 0 Å². The van der Waals surface area contributed by atoms with E-state index in [0.717, 1.165) is 32.1 Å². The summed E-state index contributed by atoms with van der Waals surface area (Å²) >= 11 is 0. The number of aliphatic hydroxyl groups is 3. The van der Waals surface area contributed by atoms with Crippen LogP contribution in [0, 0.1) is 0 Å². The second kappa shape index (κ2) is 37.6. The molecule has 0 bridgehead atoms. The van der Waals surface area contributed by atoms with Gasteiger partial charge in [-0.1, -0.05) is 192 Å². The van der Waals surface area contributed by atoms with Gasteiger partial charge in [0.25, 0.3) is 0 Å². The number of unbranched alkanes of at least 4 members (excludes halogenated alkanes) is 27. The van der Waals surface area contributed by atoms with E-state index < -0.39 is 24.2 Å². The zero-order valence-electron chi connectivity index (χ0n) is 31.4. The highest BCUT2D eigenvalue weighted by atomic mass is 16.3. The molecule has 4 N–H and O–H groups in total. The molecule has 0 rings (SSSR count). The molecule has 0 aromatic rings. The Morgan fingerprint density at radius 2 is 0.851 bits per heavy atom. The minimum Gasteiger partial charge on any atom is -0.394 e. The molecule has 0 aliphatic carbocycles. The number of amides is 1. The Bertz CT molecular complexity index is 694. The highest BCUT2D eigenvalue weighted by Gasteiger charge is 2.22. The first kappa shape index (κ1) is 45.8. The Morgan fingerprint density at radius 3 is 1.23 bits per heavy atom. The Hall–Kier alpha value is -1.17. The standard InChI is InChI=1S/C42H81NO4/c1-3-5-7-9-11-13-15-17-18-19-20-21-22-23-25-27-29-31-33-35-37-41(46)42(47)43-39(38-44)40(45)36-34-32-30-28-26-24-16-14-12-10-8-6-4-2/h17-18,34,36,39-41,44-46H,3-16,19-33,35,37-38H2,1-2H3,(H,43,47)/b18-17+,36-34+. The van der Waals surface area contributed by atoms with Crippen molar-refractivity contribution in [1.29, 1.82) is 0 Å². The van der Waals surface area contributed by atoms with Gasteiger partial charge in [-0.25, -0.2) is 0 Å². The van der Waals surface area contributed by atoms with Crippen molar-refractivity contribution in [1.82, 2.24) is 5.32 Å². The van der Waals surface area contributed by atoms with E-state index in [2.05, 4.69) is 31.3 Å². The van der Waals surface area contributed by atoms with Gasteiger partial charge in [-0.15, -0.1) is 0 Å². The van der Waals surface area contributed by atoms with E-state index in [-0.39, 0.29) is 6.61 Å². The molecule has 3 atom stereocenters. The maximum Gasteiger partial charge on any atom is 0.249 e. The lowest BCUT2D eigenvalue weighted by molar-refractivity contribution is -0.131. The number of carbonyl (C=O) groups excluding carboxylic acids is 1. The minimum absolute atomic E-state index is 0.362. The summed E-state index contributed by atoms with van der Waals surface area (Å²) in [7, 11) is 0. The summed E-state index contributed by atoms with van der Waals surface area (Å²) in [6.07, 6.45) is 44.8. The lowest BCUT2D eigenvalue weighted by atomic mass is 10.0. The van der Waals surface area contributed by atoms with Gasteiger partial charge in [-0.05, 0) is 44.9 Å². The summed E-state index contributed by atoms with van der Waals surface area (Å²) in [5, 5.41) is 33.0. The molecule has 0 spiro atoms. The minimum atomic E-state index is -1.10. The van der Waals surface area contributed by atoms with Crippen molar-refractivity contribution in [3.8, 4) is 0 Å². The van der Waals surface area contributed by atoms with Crippen LogP contribution in [0.25, 0.3) is 0 Å². The van der Waals surface area contributed by atoms with Crippen molar-refractivity contribution >= 4 is 5.91 Å². The van der Waals surface area contributed by atoms with E-state index >= 15 is 0 Å². The first-order chi connectivity index (χ1) is 23.1. The van der Waals surface area contributed by atoms with Crippen LogP contribution in [0.1, 0.15) is 213 Å². The zero-order valence-corrected chi connectivity index (χ0v) is 31.4. The molecule has 0 aliphatic heterocycles. The molecule has 0 heterocycles. The van der Waals surface area contributed by atoms with Crippen LogP contribution < -0.4 is 5.32 Å². The molecule has 0 aromatic carbocycles. The van der Waals surface area contributed by atoms with Crippen molar-refractivity contribution in [3.63, 3.8) is 0 Å². The van der Waals surface area contributed by atoms with E-state index in [1.54, 1.807) is 6.08 Å². The van der Waals surface area contributed by atoms with Crippen LogP contribution in [-0.2, 0) is 4.79 Å². The molecule has 3 unspecified atom stereocenters. The zero-order chi connectivity index (χ0) is 34.5. The fourth-order valence-electron chi connectivity index (χ4n) is 6.24. The second-order valence-electron chi connectivity index (χ2n) is 14.2. The summed E-state index contributed by atoms with van der Waals surface area (Å²) < 4.78 is 0. The molecule has 47 heavy (non-hydrogen) atoms. The van der Waals surface area contributed by atoms with Crippen LogP contribution in [0.3, 0.4) is 0 Å². The third-order valence-corrected chi connectivity index (χ3v) is 9.54. The second-order valence-corrected chi connectivity index (χ2v) is 14.2. The lowest BCUT2D eigenvalue weighted by Crippen LogP contribution is -2.48. The van der Waals surface area contributed by atoms with Gasteiger partial charge in [-0.3, -0.25) is 4.79 Å². The van der Waals surface area contributed by atoms with Crippen LogP contribution in [0.2, 0.25) is 0 Å². The van der Waals surface area contributed by atoms with Crippen LogP contribution >= 0.6 is 0 Å². The van der Waals surface area contributed by atoms with Crippen molar-refractivity contribution in [2.24, 2.45) is 0 Å². The topological polar surface area (TPSA) is 89.8 Å². The predicted molar refractivity (Wildman–Crippen MR) is 204 cm³/mol. The van der Waals surface area contributed by atoms with Gasteiger partial charge in [0.15, 0.2) is 0 Å². The molecule has 1 amide bonds. The van der Waals surface area contributed by atoms with Gasteiger partial charge in [0.05, 0.1) is 18.8 Å². The van der Waals surface area contributed by atoms with Crippen molar-refractivity contribution in [2.45, 2.75) is 231 Å². The van der Waals surface area contributed by atoms with Gasteiger partial charge < -0.3 is 20.6 Å². The van der Waals surface area contributed by atoms with Crippen molar-refractivity contribution in [2.75, 3.05) is 6.61 Å². The molecule has 0 fully saturated rings. The first-order valence-electron chi connectivity index (χ1n) is 20.7. The molecular formula is C42H81NO4. The number of hydrogen-bond donors (Lipinski definition) is 4. The third-order valence-electron chi connectivity index (χ3n) is 9.54. The van der Waals surface area contributed by atoms with E-state index in [1.165, 1.54) is 161 Å². The highest BCUT2D eigenvalue weighted by Crippen LogP contribution is 2.15. The monoisotopic (exact) mass is 664 g/mol. The van der Waals surface area contributed by atoms with Gasteiger partial charge in [0.2, 0.25) is 5.91 Å². The molecule has 0 aromatic heterocycles. The highest BCUT2D eigenvalue weighted by molar-refractivity contribution is 5.80. The maximum atomic E-state index is 12.4. The Kier molecular flexibility index (Phi) is 36.7. The van der Waals surface area contributed by atoms with Crippen LogP contribution in [0.4, 0.5) is 0 Å². The molecule has 5 nitrogen and oxygen atoms in total. The molecule has 0 saturated carbocycles. The summed E-state index contributed by atoms with van der Waals surface area (Å²) in [6, 6.07) is -0.794. The smallest absolute Gasteiger partial charge is 0.249 e. The maximum absolute atomic E-state index is 12.4. The Morgan fingerprint density at radius 1 is 0.511 bits per heavy atom. The number of nitrogens with one attached hydrogen (secondary N) is 1. The summed E-state index contributed by atoms with van der Waals surface area (Å²) in [6.45, 7) is 4.17. The van der Waals surface area contributed by atoms with Crippen molar-refractivity contribution < 1.29 is 20.1 Å². The average Bonchev–Trinajstić information content (AvgIpc) is 3.07. The van der Waals surface area contributed by atoms with Crippen LogP contribution in [0.5, 0.6) is 0 Å². The van der Waals surface area contributed by atoms with Gasteiger partial charge in [0.1, 0.15) is 6.10 Å². The van der Waals surface area contributed by atoms with E-state index in [9.17, 15) is 20.1 Å². The molecule has 0 aliphatic rings. The lowest BCUT2D eigenvalue weighted by Gasteiger charge is -2.21. The Labute approximate surface area is 292 Å². The Balaban J connectivity index is 3.67. The largest absolute Gasteiger partial charge is 0.394 e. The van der Waals surface area contributed by atoms with E-state index in [4.69, 9.17) is 0 Å². The molecular weight excluding hydrogens is 582 g/mol. The third kappa shape index (κ3) is 33.1. The number of aliphatic hydroxyl groups excluding tert-OH is 3. The number of rotatable bonds is 37. The molecule has 0 radical (unpaired) electrons. The van der Waals surface area contributed by atoms with Crippen LogP contribution in [-0.4, -0.2) is 46.1 Å². The summed E-state index contributed by atoms with van der Waals surface area (Å²) in [5.74, 6) is -0.504. The molecule has 278 valence electrons. The van der Waals surface area contributed by atoms with Crippen molar-refractivity contribution in [3.05, 3.63) is 24.3 Å². The van der Waals surface area contributed by atoms with E-state index in [0.29, 0.717) is 6.42 Å². The van der Waals surface area contributed by atoms with E-state index in [1.807, 2.05) is 6.08 Å². The fraction of sp³-hybridized carbons (Fsp3) is 0.881. The average molecular weight is 664 g/mol.